The van der Waals surface area contributed by atoms with Crippen LogP contribution in [0.25, 0.3) is 0 Å². The van der Waals surface area contributed by atoms with Gasteiger partial charge in [-0.3, -0.25) is 9.59 Å². The fourth-order valence-electron chi connectivity index (χ4n) is 3.05. The molecule has 1 atom stereocenters. The molecule has 0 saturated carbocycles. The van der Waals surface area contributed by atoms with E-state index in [0.29, 0.717) is 6.54 Å². The molecule has 1 aliphatic heterocycles. The predicted octanol–water partition coefficient (Wildman–Crippen LogP) is 2.43. The van der Waals surface area contributed by atoms with E-state index in [1.54, 1.807) is 4.58 Å². The summed E-state index contributed by atoms with van der Waals surface area (Å²) in [5, 5.41) is 2.55. The van der Waals surface area contributed by atoms with Gasteiger partial charge < -0.3 is 14.8 Å². The lowest BCUT2D eigenvalue weighted by atomic mass is 10.1. The molecule has 3 rings (SSSR count). The Balaban J connectivity index is 1.82. The van der Waals surface area contributed by atoms with Crippen LogP contribution in [0.3, 0.4) is 0 Å². The number of H-pyrrole nitrogens is 1. The molecule has 12 heteroatoms. The minimum Gasteiger partial charge on any atom is -0.403 e. The number of aromatic amines is 1. The molecular weight excluding hydrogens is 424 g/mol. The summed E-state index contributed by atoms with van der Waals surface area (Å²) < 4.78 is 61.4. The van der Waals surface area contributed by atoms with Gasteiger partial charge in [-0.2, -0.15) is 0 Å². The number of alkyl halides is 3. The number of carbonyl (C=O) groups is 1. The highest BCUT2D eigenvalue weighted by Crippen LogP contribution is 2.28. The van der Waals surface area contributed by atoms with Crippen molar-refractivity contribution in [1.29, 1.82) is 0 Å². The van der Waals surface area contributed by atoms with E-state index in [-0.39, 0.29) is 23.8 Å². The number of nitrogens with zero attached hydrogens (tertiary/aromatic N) is 2. The molecule has 2 heterocycles. The summed E-state index contributed by atoms with van der Waals surface area (Å²) >= 11 is 0. The maximum absolute atomic E-state index is 14.1. The second kappa shape index (κ2) is 9.25. The summed E-state index contributed by atoms with van der Waals surface area (Å²) in [7, 11) is 1.34. The Hall–Kier alpha value is -3.28. The van der Waals surface area contributed by atoms with Crippen molar-refractivity contribution in [3.63, 3.8) is 0 Å². The van der Waals surface area contributed by atoms with E-state index in [0.717, 1.165) is 31.0 Å². The van der Waals surface area contributed by atoms with E-state index < -0.39 is 35.4 Å². The zero-order valence-corrected chi connectivity index (χ0v) is 16.3. The number of methoxy groups -OCH3 is 1. The largest absolute Gasteiger partial charge is 0.573 e. The van der Waals surface area contributed by atoms with Crippen molar-refractivity contribution in [2.24, 2.45) is 0 Å². The smallest absolute Gasteiger partial charge is 0.403 e. The number of hydrogen-bond donors (Lipinski definition) is 2. The van der Waals surface area contributed by atoms with Crippen LogP contribution in [-0.4, -0.2) is 53.3 Å². The van der Waals surface area contributed by atoms with Gasteiger partial charge in [-0.1, -0.05) is 11.1 Å². The van der Waals surface area contributed by atoms with Gasteiger partial charge in [-0.25, -0.2) is 13.9 Å². The molecule has 31 heavy (non-hydrogen) atoms. The molecule has 2 N–H and O–H groups in total. The summed E-state index contributed by atoms with van der Waals surface area (Å²) in [4.78, 5) is 31.4. The number of aromatic nitrogens is 2. The number of benzene rings is 1. The van der Waals surface area contributed by atoms with E-state index in [2.05, 4.69) is 20.0 Å². The predicted molar refractivity (Wildman–Crippen MR) is 100 cm³/mol. The normalized spacial score (nSPS) is 14.8. The number of halogens is 4. The third kappa shape index (κ3) is 5.87. The van der Waals surface area contributed by atoms with Crippen molar-refractivity contribution in [2.45, 2.75) is 25.2 Å². The highest BCUT2D eigenvalue weighted by Gasteiger charge is 2.32. The maximum Gasteiger partial charge on any atom is 0.573 e. The fraction of sp³-hybridized carbons (Fsp3) is 0.368. The van der Waals surface area contributed by atoms with Gasteiger partial charge in [0.05, 0.1) is 25.3 Å². The quantitative estimate of drug-likeness (QED) is 0.506. The molecule has 0 unspecified atom stereocenters. The summed E-state index contributed by atoms with van der Waals surface area (Å²) in [5.41, 5.74) is -0.559. The van der Waals surface area contributed by atoms with Crippen molar-refractivity contribution in [2.75, 3.05) is 20.3 Å². The minimum atomic E-state index is -5.04. The summed E-state index contributed by atoms with van der Waals surface area (Å²) in [6.07, 6.45) is -1.49. The van der Waals surface area contributed by atoms with Crippen LogP contribution >= 0.6 is 0 Å². The first kappa shape index (κ1) is 22.4. The van der Waals surface area contributed by atoms with Gasteiger partial charge in [0, 0.05) is 13.3 Å². The number of amides is 1. The molecule has 0 fully saturated rings. The molecule has 166 valence electrons. The average Bonchev–Trinajstić information content (AvgIpc) is 3.22. The van der Waals surface area contributed by atoms with E-state index in [9.17, 15) is 27.2 Å². The van der Waals surface area contributed by atoms with E-state index >= 15 is 0 Å². The molecule has 1 amide bonds. The van der Waals surface area contributed by atoms with Crippen LogP contribution in [0.5, 0.6) is 5.75 Å². The van der Waals surface area contributed by atoms with Crippen LogP contribution in [0, 0.1) is 5.82 Å². The molecular formula is C19H19F4N4O4+. The third-order valence-electron chi connectivity index (χ3n) is 4.41. The van der Waals surface area contributed by atoms with Crippen LogP contribution in [0.4, 0.5) is 23.5 Å². The second-order valence-corrected chi connectivity index (χ2v) is 6.69. The van der Waals surface area contributed by atoms with Gasteiger partial charge >= 0.3 is 17.9 Å². The first-order chi connectivity index (χ1) is 14.7. The molecule has 2 aromatic rings. The molecule has 0 saturated heterocycles. The van der Waals surface area contributed by atoms with Gasteiger partial charge in [-0.15, -0.1) is 13.2 Å². The minimum absolute atomic E-state index is 0.111. The van der Waals surface area contributed by atoms with Crippen molar-refractivity contribution in [1.82, 2.24) is 15.3 Å². The zero-order valence-electron chi connectivity index (χ0n) is 16.3. The van der Waals surface area contributed by atoms with Gasteiger partial charge in [0.15, 0.2) is 11.6 Å². The van der Waals surface area contributed by atoms with E-state index in [4.69, 9.17) is 4.74 Å². The first-order valence-corrected chi connectivity index (χ1v) is 9.22. The number of rotatable bonds is 7. The average molecular weight is 443 g/mol. The topological polar surface area (TPSA) is 96.3 Å². The Morgan fingerprint density at radius 1 is 1.35 bits per heavy atom. The van der Waals surface area contributed by atoms with Crippen molar-refractivity contribution in [3.05, 3.63) is 51.7 Å². The van der Waals surface area contributed by atoms with Crippen LogP contribution in [0.2, 0.25) is 0 Å². The Morgan fingerprint density at radius 3 is 2.74 bits per heavy atom. The molecule has 0 radical (unpaired) electrons. The van der Waals surface area contributed by atoms with Crippen molar-refractivity contribution in [3.8, 4) is 5.75 Å². The monoisotopic (exact) mass is 443 g/mol. The summed E-state index contributed by atoms with van der Waals surface area (Å²) in [6.45, 7) is 0.534. The molecule has 8 nitrogen and oxygen atoms in total. The highest BCUT2D eigenvalue weighted by atomic mass is 19.4. The van der Waals surface area contributed by atoms with E-state index in [1.165, 1.54) is 13.2 Å². The third-order valence-corrected chi connectivity index (χ3v) is 4.41. The Bertz CT molecular complexity index is 1050. The number of nitrogens with one attached hydrogen (secondary N) is 2. The molecule has 1 aliphatic rings. The SMILES string of the molecule is COC[C@@H](NC(=O)c1cc(=O)[nH]c([N+]2=CCCC2)n1)c1ccc(OC(F)(F)F)c(F)c1. The Labute approximate surface area is 173 Å². The second-order valence-electron chi connectivity index (χ2n) is 6.69. The highest BCUT2D eigenvalue weighted by molar-refractivity contribution is 5.92. The Morgan fingerprint density at radius 2 is 2.13 bits per heavy atom. The number of ether oxygens (including phenoxy) is 2. The molecule has 1 aromatic heterocycles. The van der Waals surface area contributed by atoms with Gasteiger partial charge in [0.2, 0.25) is 5.69 Å². The zero-order chi connectivity index (χ0) is 22.6. The number of carbonyl (C=O) groups excluding carboxylic acids is 1. The fourth-order valence-corrected chi connectivity index (χ4v) is 3.05. The van der Waals surface area contributed by atoms with Crippen LogP contribution in [0.1, 0.15) is 34.9 Å². The lowest BCUT2D eigenvalue weighted by molar-refractivity contribution is -0.435. The standard InChI is InChI=1S/C19H18F4N4O4/c1-30-10-14(11-4-5-15(12(20)8-11)31-19(21,22)23)24-17(29)13-9-16(28)26-18(25-13)27-6-2-3-7-27/h4-6,8-9,14H,2-3,7,10H2,1H3,(H-,24,25,26,28,29)/p+1/t14-/m1/s1. The molecule has 0 aliphatic carbocycles. The lowest BCUT2D eigenvalue weighted by Gasteiger charge is -2.19. The first-order valence-electron chi connectivity index (χ1n) is 9.22. The van der Waals surface area contributed by atoms with E-state index in [1.807, 2.05) is 6.21 Å². The molecule has 1 aromatic carbocycles. The Kier molecular flexibility index (Phi) is 6.68. The summed E-state index contributed by atoms with van der Waals surface area (Å²) in [5.74, 6) is -2.77. The summed E-state index contributed by atoms with van der Waals surface area (Å²) in [6, 6.07) is 2.87. The van der Waals surface area contributed by atoms with Crippen LogP contribution in [0.15, 0.2) is 29.1 Å². The molecule has 0 spiro atoms. The maximum atomic E-state index is 14.1. The number of hydrogen-bond acceptors (Lipinski definition) is 5. The van der Waals surface area contributed by atoms with Gasteiger partial charge in [0.25, 0.3) is 5.91 Å². The van der Waals surface area contributed by atoms with Crippen LogP contribution in [-0.2, 0) is 4.74 Å². The van der Waals surface area contributed by atoms with Crippen molar-refractivity contribution >= 4 is 18.1 Å². The van der Waals surface area contributed by atoms with Crippen molar-refractivity contribution < 1.29 is 36.4 Å². The lowest BCUT2D eigenvalue weighted by Crippen LogP contribution is -2.33. The van der Waals surface area contributed by atoms with Gasteiger partial charge in [0.1, 0.15) is 0 Å². The molecule has 0 bridgehead atoms. The van der Waals surface area contributed by atoms with Crippen LogP contribution < -0.4 is 15.6 Å². The van der Waals surface area contributed by atoms with Gasteiger partial charge in [-0.05, 0) is 30.5 Å².